The van der Waals surface area contributed by atoms with Crippen LogP contribution in [0.15, 0.2) is 36.4 Å². The monoisotopic (exact) mass is 360 g/mol. The van der Waals surface area contributed by atoms with E-state index in [9.17, 15) is 5.26 Å². The summed E-state index contributed by atoms with van der Waals surface area (Å²) in [6.45, 7) is 14.1. The third-order valence-corrected chi connectivity index (χ3v) is 5.34. The van der Waals surface area contributed by atoms with Crippen molar-refractivity contribution in [3.63, 3.8) is 0 Å². The summed E-state index contributed by atoms with van der Waals surface area (Å²) >= 11 is 0. The molecule has 0 bridgehead atoms. The van der Waals surface area contributed by atoms with E-state index in [1.54, 1.807) is 0 Å². The Morgan fingerprint density at radius 3 is 2.33 bits per heavy atom. The van der Waals surface area contributed by atoms with Crippen molar-refractivity contribution in [2.75, 3.05) is 37.6 Å². The average Bonchev–Trinajstić information content (AvgIpc) is 2.64. The minimum atomic E-state index is 0.744. The molecule has 2 aromatic rings. The van der Waals surface area contributed by atoms with E-state index in [1.807, 2.05) is 6.07 Å². The van der Waals surface area contributed by atoms with Gasteiger partial charge in [0.2, 0.25) is 0 Å². The first-order valence-corrected chi connectivity index (χ1v) is 9.82. The fourth-order valence-corrected chi connectivity index (χ4v) is 3.95. The molecule has 3 rings (SSSR count). The number of hydrogen-bond donors (Lipinski definition) is 0. The van der Waals surface area contributed by atoms with Crippen LogP contribution >= 0.6 is 0 Å². The third kappa shape index (κ3) is 4.90. The molecule has 0 aromatic heterocycles. The normalized spacial score (nSPS) is 15.2. The van der Waals surface area contributed by atoms with Crippen LogP contribution in [0.5, 0.6) is 0 Å². The van der Waals surface area contributed by atoms with Gasteiger partial charge in [0.05, 0.1) is 11.6 Å². The van der Waals surface area contributed by atoms with Gasteiger partial charge >= 0.3 is 0 Å². The molecule has 0 saturated carbocycles. The van der Waals surface area contributed by atoms with Crippen LogP contribution in [-0.4, -0.2) is 37.6 Å². The zero-order valence-electron chi connectivity index (χ0n) is 17.0. The van der Waals surface area contributed by atoms with Gasteiger partial charge < -0.3 is 4.90 Å². The molecule has 0 unspecified atom stereocenters. The van der Waals surface area contributed by atoms with Crippen LogP contribution < -0.4 is 4.90 Å². The van der Waals surface area contributed by atoms with Crippen LogP contribution in [0.25, 0.3) is 0 Å². The van der Waals surface area contributed by atoms with E-state index < -0.39 is 0 Å². The maximum absolute atomic E-state index is 9.37. The smallest absolute Gasteiger partial charge is 0.0991 e. The largest absolute Gasteiger partial charge is 0.369 e. The SMILES string of the molecule is C[C](C)CN1CCN(c2ccc(C#N)cc2Cc2ccc(C)cc2C)CC1. The molecule has 0 amide bonds. The van der Waals surface area contributed by atoms with Gasteiger partial charge in [0.1, 0.15) is 0 Å². The minimum Gasteiger partial charge on any atom is -0.369 e. The molecular formula is C24H30N3. The number of rotatable bonds is 5. The summed E-state index contributed by atoms with van der Waals surface area (Å²) in [5.41, 5.74) is 7.24. The zero-order valence-corrected chi connectivity index (χ0v) is 17.0. The van der Waals surface area contributed by atoms with Crippen molar-refractivity contribution in [2.45, 2.75) is 34.1 Å². The second-order valence-corrected chi connectivity index (χ2v) is 8.03. The van der Waals surface area contributed by atoms with Crippen molar-refractivity contribution in [1.82, 2.24) is 4.90 Å². The van der Waals surface area contributed by atoms with Crippen molar-refractivity contribution in [1.29, 1.82) is 5.26 Å². The molecule has 0 aliphatic carbocycles. The Bertz CT molecular complexity index is 824. The van der Waals surface area contributed by atoms with Crippen LogP contribution in [0.1, 0.15) is 41.7 Å². The highest BCUT2D eigenvalue weighted by Crippen LogP contribution is 2.27. The molecule has 0 spiro atoms. The summed E-state index contributed by atoms with van der Waals surface area (Å²) in [5.74, 6) is 1.47. The Kier molecular flexibility index (Phi) is 6.19. The first-order chi connectivity index (χ1) is 13.0. The molecular weight excluding hydrogens is 330 g/mol. The predicted octanol–water partition coefficient (Wildman–Crippen LogP) is 4.50. The molecule has 1 radical (unpaired) electrons. The van der Waals surface area contributed by atoms with E-state index in [0.717, 1.165) is 44.7 Å². The molecule has 1 aliphatic heterocycles. The summed E-state index contributed by atoms with van der Waals surface area (Å²) < 4.78 is 0. The topological polar surface area (TPSA) is 30.3 Å². The van der Waals surface area contributed by atoms with E-state index in [1.165, 1.54) is 33.9 Å². The van der Waals surface area contributed by atoms with Crippen molar-refractivity contribution in [3.05, 3.63) is 70.1 Å². The van der Waals surface area contributed by atoms with Gasteiger partial charge in [-0.25, -0.2) is 0 Å². The van der Waals surface area contributed by atoms with Gasteiger partial charge in [0.25, 0.3) is 0 Å². The van der Waals surface area contributed by atoms with Crippen molar-refractivity contribution in [2.24, 2.45) is 0 Å². The van der Waals surface area contributed by atoms with Gasteiger partial charge in [0, 0.05) is 38.4 Å². The second-order valence-electron chi connectivity index (χ2n) is 8.03. The summed E-state index contributed by atoms with van der Waals surface area (Å²) in [6, 6.07) is 15.1. The van der Waals surface area contributed by atoms with Crippen LogP contribution in [0.2, 0.25) is 0 Å². The van der Waals surface area contributed by atoms with Crippen LogP contribution in [0.3, 0.4) is 0 Å². The number of piperazine rings is 1. The summed E-state index contributed by atoms with van der Waals surface area (Å²) in [4.78, 5) is 5.01. The maximum atomic E-state index is 9.37. The zero-order chi connectivity index (χ0) is 19.4. The molecule has 27 heavy (non-hydrogen) atoms. The van der Waals surface area contributed by atoms with E-state index in [0.29, 0.717) is 0 Å². The average molecular weight is 361 g/mol. The van der Waals surface area contributed by atoms with E-state index in [2.05, 4.69) is 73.9 Å². The van der Waals surface area contributed by atoms with E-state index in [4.69, 9.17) is 0 Å². The Hall–Kier alpha value is -2.31. The number of hydrogen-bond acceptors (Lipinski definition) is 3. The number of aryl methyl sites for hydroxylation is 2. The van der Waals surface area contributed by atoms with Gasteiger partial charge in [-0.2, -0.15) is 5.26 Å². The van der Waals surface area contributed by atoms with Crippen molar-refractivity contribution in [3.8, 4) is 6.07 Å². The molecule has 1 heterocycles. The van der Waals surface area contributed by atoms with Crippen LogP contribution in [0, 0.1) is 31.1 Å². The van der Waals surface area contributed by atoms with Gasteiger partial charge in [-0.05, 0) is 61.1 Å². The Labute approximate surface area is 164 Å². The first-order valence-electron chi connectivity index (χ1n) is 9.82. The predicted molar refractivity (Wildman–Crippen MR) is 113 cm³/mol. The summed E-state index contributed by atoms with van der Waals surface area (Å²) in [5, 5.41) is 9.37. The summed E-state index contributed by atoms with van der Waals surface area (Å²) in [6.07, 6.45) is 0.874. The Morgan fingerprint density at radius 1 is 0.963 bits per heavy atom. The Balaban J connectivity index is 1.83. The molecule has 3 nitrogen and oxygen atoms in total. The Morgan fingerprint density at radius 2 is 1.70 bits per heavy atom. The van der Waals surface area contributed by atoms with E-state index in [-0.39, 0.29) is 0 Å². The maximum Gasteiger partial charge on any atom is 0.0991 e. The molecule has 1 fully saturated rings. The highest BCUT2D eigenvalue weighted by Gasteiger charge is 2.20. The standard InChI is InChI=1S/C24H30N3/c1-18(2)17-26-9-11-27(12-10-26)24-8-6-21(16-25)14-23(24)15-22-7-5-19(3)13-20(22)4/h5-8,13-14H,9-12,15,17H2,1-4H3. The number of nitriles is 1. The lowest BCUT2D eigenvalue weighted by atomic mass is 9.96. The van der Waals surface area contributed by atoms with Crippen LogP contribution in [-0.2, 0) is 6.42 Å². The lowest BCUT2D eigenvalue weighted by Gasteiger charge is -2.37. The molecule has 3 heteroatoms. The second kappa shape index (κ2) is 8.59. The molecule has 1 aliphatic rings. The molecule has 2 aromatic carbocycles. The lowest BCUT2D eigenvalue weighted by Crippen LogP contribution is -2.47. The fourth-order valence-electron chi connectivity index (χ4n) is 3.95. The number of benzene rings is 2. The third-order valence-electron chi connectivity index (χ3n) is 5.34. The van der Waals surface area contributed by atoms with Crippen LogP contribution in [0.4, 0.5) is 5.69 Å². The highest BCUT2D eigenvalue weighted by atomic mass is 15.3. The fraction of sp³-hybridized carbons (Fsp3) is 0.417. The van der Waals surface area contributed by atoms with Gasteiger partial charge in [0.15, 0.2) is 0 Å². The van der Waals surface area contributed by atoms with Gasteiger partial charge in [-0.15, -0.1) is 0 Å². The highest BCUT2D eigenvalue weighted by molar-refractivity contribution is 5.59. The van der Waals surface area contributed by atoms with Gasteiger partial charge in [-0.3, -0.25) is 4.90 Å². The van der Waals surface area contributed by atoms with Crippen molar-refractivity contribution >= 4 is 5.69 Å². The molecule has 0 N–H and O–H groups in total. The number of anilines is 1. The van der Waals surface area contributed by atoms with E-state index >= 15 is 0 Å². The van der Waals surface area contributed by atoms with Crippen molar-refractivity contribution < 1.29 is 0 Å². The lowest BCUT2D eigenvalue weighted by molar-refractivity contribution is 0.267. The molecule has 1 saturated heterocycles. The first kappa shape index (κ1) is 19.5. The molecule has 141 valence electrons. The van der Waals surface area contributed by atoms with Gasteiger partial charge in [-0.1, -0.05) is 37.6 Å². The quantitative estimate of drug-likeness (QED) is 0.786. The summed E-state index contributed by atoms with van der Waals surface area (Å²) in [7, 11) is 0. The minimum absolute atomic E-state index is 0.744. The molecule has 0 atom stereocenters. The number of nitrogens with zero attached hydrogens (tertiary/aromatic N) is 3.